The van der Waals surface area contributed by atoms with E-state index in [0.29, 0.717) is 27.5 Å². The van der Waals surface area contributed by atoms with Crippen LogP contribution in [0.25, 0.3) is 17.0 Å². The van der Waals surface area contributed by atoms with E-state index in [-0.39, 0.29) is 0 Å². The molecule has 0 fully saturated rings. The molecule has 0 bridgehead atoms. The van der Waals surface area contributed by atoms with Crippen molar-refractivity contribution in [2.24, 2.45) is 0 Å². The van der Waals surface area contributed by atoms with Gasteiger partial charge in [0.25, 0.3) is 0 Å². The summed E-state index contributed by atoms with van der Waals surface area (Å²) < 4.78 is 1.80. The van der Waals surface area contributed by atoms with Gasteiger partial charge in [0.05, 0.1) is 5.02 Å². The minimum absolute atomic E-state index is 0.389. The largest absolute Gasteiger partial charge is 0.263 e. The molecule has 0 amide bonds. The highest BCUT2D eigenvalue weighted by atomic mass is 35.5. The van der Waals surface area contributed by atoms with Gasteiger partial charge in [-0.2, -0.15) is 0 Å². The monoisotopic (exact) mass is 279 g/mol. The van der Waals surface area contributed by atoms with Crippen LogP contribution in [0, 0.1) is 6.92 Å². The lowest BCUT2D eigenvalue weighted by Gasteiger charge is -2.04. The second kappa shape index (κ2) is 4.19. The zero-order valence-electron chi connectivity index (χ0n) is 9.30. The number of fused-ring (bicyclic) bond motifs is 1. The van der Waals surface area contributed by atoms with E-state index in [9.17, 15) is 0 Å². The summed E-state index contributed by atoms with van der Waals surface area (Å²) in [4.78, 5) is 8.12. The Balaban J connectivity index is 2.35. The number of hydrogen-bond donors (Lipinski definition) is 0. The molecule has 3 aromatic rings. The van der Waals surface area contributed by atoms with Crippen molar-refractivity contribution >= 4 is 28.8 Å². The van der Waals surface area contributed by atoms with Gasteiger partial charge in [0.2, 0.25) is 0 Å². The highest BCUT2D eigenvalue weighted by molar-refractivity contribution is 6.33. The van der Waals surface area contributed by atoms with E-state index < -0.39 is 0 Å². The van der Waals surface area contributed by atoms with Crippen molar-refractivity contribution < 1.29 is 0 Å². The van der Waals surface area contributed by atoms with Crippen LogP contribution in [-0.2, 0) is 0 Å². The summed E-state index contributed by atoms with van der Waals surface area (Å²) >= 11 is 12.0. The third-order valence-electron chi connectivity index (χ3n) is 2.54. The molecule has 0 aromatic carbocycles. The number of rotatable bonds is 1. The van der Waals surface area contributed by atoms with Crippen LogP contribution in [0.15, 0.2) is 24.5 Å². The van der Waals surface area contributed by atoms with Crippen molar-refractivity contribution in [3.05, 3.63) is 40.5 Å². The molecule has 0 aliphatic rings. The molecule has 3 aromatic heterocycles. The number of halogens is 2. The third kappa shape index (κ3) is 1.72. The van der Waals surface area contributed by atoms with Crippen LogP contribution >= 0.6 is 23.2 Å². The first-order valence-corrected chi connectivity index (χ1v) is 5.90. The minimum Gasteiger partial charge on any atom is -0.263 e. The lowest BCUT2D eigenvalue weighted by atomic mass is 10.2. The van der Waals surface area contributed by atoms with Crippen LogP contribution in [0.3, 0.4) is 0 Å². The molecule has 0 radical (unpaired) electrons. The first-order chi connectivity index (χ1) is 8.66. The van der Waals surface area contributed by atoms with Gasteiger partial charge in [-0.1, -0.05) is 23.2 Å². The van der Waals surface area contributed by atoms with Crippen molar-refractivity contribution in [1.82, 2.24) is 24.6 Å². The smallest absolute Gasteiger partial charge is 0.171 e. The van der Waals surface area contributed by atoms with Gasteiger partial charge in [-0.3, -0.25) is 9.38 Å². The van der Waals surface area contributed by atoms with Crippen LogP contribution in [0.4, 0.5) is 0 Å². The van der Waals surface area contributed by atoms with E-state index >= 15 is 0 Å². The van der Waals surface area contributed by atoms with Crippen LogP contribution in [-0.4, -0.2) is 24.6 Å². The number of hydrogen-bond acceptors (Lipinski definition) is 4. The van der Waals surface area contributed by atoms with Crippen LogP contribution in [0.1, 0.15) is 5.82 Å². The van der Waals surface area contributed by atoms with Gasteiger partial charge in [0.15, 0.2) is 11.5 Å². The quantitative estimate of drug-likeness (QED) is 0.643. The summed E-state index contributed by atoms with van der Waals surface area (Å²) in [5.74, 6) is 1.32. The first kappa shape index (κ1) is 11.4. The fourth-order valence-electron chi connectivity index (χ4n) is 1.78. The molecule has 0 atom stereocenters. The molecule has 3 heterocycles. The second-order valence-corrected chi connectivity index (χ2v) is 4.49. The lowest BCUT2D eigenvalue weighted by Crippen LogP contribution is -1.98. The predicted molar refractivity (Wildman–Crippen MR) is 68.8 cm³/mol. The summed E-state index contributed by atoms with van der Waals surface area (Å²) in [6.45, 7) is 1.83. The summed E-state index contributed by atoms with van der Waals surface area (Å²) in [5, 5.41) is 9.10. The van der Waals surface area contributed by atoms with Crippen molar-refractivity contribution in [1.29, 1.82) is 0 Å². The maximum absolute atomic E-state index is 6.11. The lowest BCUT2D eigenvalue weighted by molar-refractivity contribution is 0.988. The molecule has 90 valence electrons. The van der Waals surface area contributed by atoms with E-state index in [0.717, 1.165) is 5.56 Å². The Hall–Kier alpha value is -1.72. The average molecular weight is 280 g/mol. The van der Waals surface area contributed by atoms with Crippen molar-refractivity contribution in [3.8, 4) is 11.4 Å². The molecule has 5 nitrogen and oxygen atoms in total. The molecular weight excluding hydrogens is 273 g/mol. The summed E-state index contributed by atoms with van der Waals surface area (Å²) in [5.41, 5.74) is 1.39. The van der Waals surface area contributed by atoms with E-state index in [2.05, 4.69) is 20.2 Å². The summed E-state index contributed by atoms with van der Waals surface area (Å²) in [6.07, 6.45) is 3.22. The van der Waals surface area contributed by atoms with Gasteiger partial charge in [0.1, 0.15) is 11.0 Å². The number of pyridine rings is 1. The zero-order chi connectivity index (χ0) is 12.7. The zero-order valence-corrected chi connectivity index (χ0v) is 10.8. The Morgan fingerprint density at radius 1 is 1.22 bits per heavy atom. The van der Waals surface area contributed by atoms with Crippen LogP contribution in [0.2, 0.25) is 10.2 Å². The van der Waals surface area contributed by atoms with E-state index in [1.165, 1.54) is 0 Å². The normalized spacial score (nSPS) is 11.1. The molecule has 7 heteroatoms. The minimum atomic E-state index is 0.389. The maximum Gasteiger partial charge on any atom is 0.171 e. The average Bonchev–Trinajstić information content (AvgIpc) is 2.73. The summed E-state index contributed by atoms with van der Waals surface area (Å²) in [7, 11) is 0. The molecule has 0 unspecified atom stereocenters. The van der Waals surface area contributed by atoms with Gasteiger partial charge in [0, 0.05) is 24.0 Å². The second-order valence-electron chi connectivity index (χ2n) is 3.70. The Labute approximate surface area is 112 Å². The summed E-state index contributed by atoms with van der Waals surface area (Å²) in [6, 6.07) is 3.44. The molecule has 0 aliphatic heterocycles. The van der Waals surface area contributed by atoms with Crippen LogP contribution in [0.5, 0.6) is 0 Å². The molecule has 0 N–H and O–H groups in total. The fraction of sp³-hybridized carbons (Fsp3) is 0.0909. The van der Waals surface area contributed by atoms with E-state index in [1.807, 2.05) is 6.92 Å². The van der Waals surface area contributed by atoms with Gasteiger partial charge >= 0.3 is 0 Å². The van der Waals surface area contributed by atoms with Crippen molar-refractivity contribution in [2.45, 2.75) is 6.92 Å². The molecular formula is C11H7Cl2N5. The Morgan fingerprint density at radius 2 is 2.06 bits per heavy atom. The van der Waals surface area contributed by atoms with E-state index in [1.54, 1.807) is 28.9 Å². The molecule has 0 saturated heterocycles. The Morgan fingerprint density at radius 3 is 2.83 bits per heavy atom. The maximum atomic E-state index is 6.11. The molecule has 18 heavy (non-hydrogen) atoms. The standard InChI is InChI=1S/C11H7Cl2N5/c1-6-15-9(13)4-10-16-17-11(18(6)10)7-2-3-14-5-8(7)12/h2-5H,1H3. The topological polar surface area (TPSA) is 56.0 Å². The number of aromatic nitrogens is 5. The highest BCUT2D eigenvalue weighted by Crippen LogP contribution is 2.26. The fourth-order valence-corrected chi connectivity index (χ4v) is 2.21. The SMILES string of the molecule is Cc1nc(Cl)cc2nnc(-c3ccncc3Cl)n12. The predicted octanol–water partition coefficient (Wildman–Crippen LogP) is 2.80. The van der Waals surface area contributed by atoms with Crippen molar-refractivity contribution in [2.75, 3.05) is 0 Å². The highest BCUT2D eigenvalue weighted by Gasteiger charge is 2.14. The Bertz CT molecular complexity index is 737. The van der Waals surface area contributed by atoms with Gasteiger partial charge in [-0.05, 0) is 13.0 Å². The first-order valence-electron chi connectivity index (χ1n) is 5.15. The number of aryl methyl sites for hydroxylation is 1. The van der Waals surface area contributed by atoms with Gasteiger partial charge in [-0.15, -0.1) is 10.2 Å². The van der Waals surface area contributed by atoms with Gasteiger partial charge < -0.3 is 0 Å². The van der Waals surface area contributed by atoms with Gasteiger partial charge in [-0.25, -0.2) is 4.98 Å². The molecule has 3 rings (SSSR count). The van der Waals surface area contributed by atoms with Crippen LogP contribution < -0.4 is 0 Å². The molecule has 0 saturated carbocycles. The Kier molecular flexibility index (Phi) is 2.65. The molecule has 0 spiro atoms. The van der Waals surface area contributed by atoms with Crippen molar-refractivity contribution in [3.63, 3.8) is 0 Å². The number of nitrogens with zero attached hydrogens (tertiary/aromatic N) is 5. The third-order valence-corrected chi connectivity index (χ3v) is 3.04. The molecule has 0 aliphatic carbocycles. The van der Waals surface area contributed by atoms with E-state index in [4.69, 9.17) is 23.2 Å².